The minimum absolute atomic E-state index is 0.0238. The second-order valence-electron chi connectivity index (χ2n) is 10.3. The summed E-state index contributed by atoms with van der Waals surface area (Å²) < 4.78 is 24.7. The predicted molar refractivity (Wildman–Crippen MR) is 143 cm³/mol. The van der Waals surface area contributed by atoms with Gasteiger partial charge in [-0.1, -0.05) is 42.5 Å². The number of piperidine rings is 1. The lowest BCUT2D eigenvalue weighted by Gasteiger charge is -2.40. The molecule has 1 saturated heterocycles. The number of primary amides is 1. The van der Waals surface area contributed by atoms with Crippen molar-refractivity contribution in [2.24, 2.45) is 16.3 Å². The number of rotatable bonds is 9. The lowest BCUT2D eigenvalue weighted by molar-refractivity contribution is -0.145. The molecule has 0 aromatic heterocycles. The summed E-state index contributed by atoms with van der Waals surface area (Å²) in [6.45, 7) is 2.48. The quantitative estimate of drug-likeness (QED) is 0.485. The first-order valence-electron chi connectivity index (χ1n) is 12.8. The smallest absolute Gasteiger partial charge is 0.405 e. The maximum absolute atomic E-state index is 14.2. The second-order valence-corrected chi connectivity index (χ2v) is 10.3. The SMILES string of the molecule is CN1N=C2CCN(C(=O)[C@@H](COc3ccccc3F)NC(=O)C(C)(C)OC(N)=O)C[C@@]2(Cc2ccccc2)C1=O. The van der Waals surface area contributed by atoms with Crippen LogP contribution >= 0.6 is 0 Å². The van der Waals surface area contributed by atoms with Crippen LogP contribution in [0, 0.1) is 11.2 Å². The molecule has 4 rings (SSSR count). The molecule has 2 atom stereocenters. The van der Waals surface area contributed by atoms with Gasteiger partial charge in [0.2, 0.25) is 5.91 Å². The molecule has 2 aliphatic heterocycles. The standard InChI is InChI=1S/C28H32FN5O6/c1-27(2,40-26(30)38)24(36)31-20(16-39-21-12-8-7-11-19(21)29)23(35)34-14-13-22-28(17-34,25(37)33(3)32-22)15-18-9-5-4-6-10-18/h4-12,20H,13-17H2,1-3H3,(H2,30,38)(H,31,36)/t20-,28-/m1/s1. The molecule has 4 amide bonds. The van der Waals surface area contributed by atoms with Crippen molar-refractivity contribution in [2.75, 3.05) is 26.7 Å². The average molecular weight is 554 g/mol. The van der Waals surface area contributed by atoms with E-state index >= 15 is 0 Å². The maximum atomic E-state index is 14.2. The van der Waals surface area contributed by atoms with Gasteiger partial charge in [-0.05, 0) is 38.0 Å². The van der Waals surface area contributed by atoms with Crippen LogP contribution in [0.15, 0.2) is 59.7 Å². The van der Waals surface area contributed by atoms with E-state index in [1.54, 1.807) is 13.1 Å². The maximum Gasteiger partial charge on any atom is 0.405 e. The Bertz CT molecular complexity index is 1330. The van der Waals surface area contributed by atoms with Crippen LogP contribution in [0.4, 0.5) is 9.18 Å². The molecule has 2 aromatic carbocycles. The fraction of sp³-hybridized carbons (Fsp3) is 0.393. The van der Waals surface area contributed by atoms with Crippen molar-refractivity contribution in [2.45, 2.75) is 38.3 Å². The number of hydrogen-bond acceptors (Lipinski definition) is 7. The van der Waals surface area contributed by atoms with Crippen LogP contribution in [0.3, 0.4) is 0 Å². The number of amides is 4. The minimum atomic E-state index is -1.71. The topological polar surface area (TPSA) is 144 Å². The summed E-state index contributed by atoms with van der Waals surface area (Å²) in [4.78, 5) is 53.2. The highest BCUT2D eigenvalue weighted by atomic mass is 19.1. The Labute approximate surface area is 231 Å². The van der Waals surface area contributed by atoms with Crippen LogP contribution in [0.5, 0.6) is 5.75 Å². The van der Waals surface area contributed by atoms with Crippen molar-refractivity contribution in [3.05, 3.63) is 66.0 Å². The first kappa shape index (κ1) is 28.5. The number of benzene rings is 2. The molecule has 0 radical (unpaired) electrons. The number of hydrogen-bond donors (Lipinski definition) is 2. The summed E-state index contributed by atoms with van der Waals surface area (Å²) in [5.41, 5.74) is 3.92. The van der Waals surface area contributed by atoms with Crippen LogP contribution in [-0.4, -0.2) is 77.8 Å². The molecule has 0 aliphatic carbocycles. The van der Waals surface area contributed by atoms with E-state index in [0.717, 1.165) is 5.56 Å². The fourth-order valence-electron chi connectivity index (χ4n) is 4.98. The number of ether oxygens (including phenoxy) is 2. The van der Waals surface area contributed by atoms with E-state index < -0.39 is 47.4 Å². The first-order chi connectivity index (χ1) is 18.9. The molecule has 40 heavy (non-hydrogen) atoms. The number of carbonyl (C=O) groups is 4. The molecule has 2 aromatic rings. The van der Waals surface area contributed by atoms with Gasteiger partial charge in [-0.15, -0.1) is 0 Å². The average Bonchev–Trinajstić information content (AvgIpc) is 3.15. The molecule has 11 nitrogen and oxygen atoms in total. The molecule has 12 heteroatoms. The summed E-state index contributed by atoms with van der Waals surface area (Å²) in [5.74, 6) is -2.34. The summed E-state index contributed by atoms with van der Waals surface area (Å²) in [7, 11) is 1.58. The van der Waals surface area contributed by atoms with Gasteiger partial charge in [0, 0.05) is 26.6 Å². The Balaban J connectivity index is 1.60. The Morgan fingerprint density at radius 2 is 1.82 bits per heavy atom. The zero-order valence-corrected chi connectivity index (χ0v) is 22.6. The van der Waals surface area contributed by atoms with Crippen LogP contribution < -0.4 is 15.8 Å². The molecule has 0 bridgehead atoms. The summed E-state index contributed by atoms with van der Waals surface area (Å²) in [6, 6.07) is 13.8. The Kier molecular flexibility index (Phi) is 8.08. The number of halogens is 1. The lowest BCUT2D eigenvalue weighted by Crippen LogP contribution is -2.61. The summed E-state index contributed by atoms with van der Waals surface area (Å²) in [5, 5.41) is 8.32. The van der Waals surface area contributed by atoms with E-state index in [0.29, 0.717) is 18.6 Å². The van der Waals surface area contributed by atoms with Crippen molar-refractivity contribution in [3.8, 4) is 5.75 Å². The van der Waals surface area contributed by atoms with Gasteiger partial charge in [0.15, 0.2) is 17.2 Å². The van der Waals surface area contributed by atoms with Crippen molar-refractivity contribution < 1.29 is 33.0 Å². The van der Waals surface area contributed by atoms with Gasteiger partial charge in [-0.25, -0.2) is 14.2 Å². The van der Waals surface area contributed by atoms with Gasteiger partial charge in [-0.2, -0.15) is 5.10 Å². The number of carbonyl (C=O) groups excluding carboxylic acids is 4. The number of fused-ring (bicyclic) bond motifs is 1. The largest absolute Gasteiger partial charge is 0.488 e. The molecular formula is C28H32FN5O6. The van der Waals surface area contributed by atoms with E-state index in [4.69, 9.17) is 15.2 Å². The van der Waals surface area contributed by atoms with Gasteiger partial charge in [0.05, 0.1) is 5.71 Å². The number of nitrogens with zero attached hydrogens (tertiary/aromatic N) is 3. The predicted octanol–water partition coefficient (Wildman–Crippen LogP) is 1.85. The van der Waals surface area contributed by atoms with E-state index in [1.165, 1.54) is 42.0 Å². The molecule has 3 N–H and O–H groups in total. The zero-order chi connectivity index (χ0) is 29.1. The van der Waals surface area contributed by atoms with Gasteiger partial charge in [0.1, 0.15) is 18.1 Å². The molecule has 0 spiro atoms. The minimum Gasteiger partial charge on any atom is -0.488 e. The Hall–Kier alpha value is -4.48. The number of nitrogens with two attached hydrogens (primary N) is 1. The highest BCUT2D eigenvalue weighted by Gasteiger charge is 2.54. The Morgan fingerprint density at radius 1 is 1.15 bits per heavy atom. The molecule has 2 heterocycles. The van der Waals surface area contributed by atoms with Crippen LogP contribution in [0.25, 0.3) is 0 Å². The van der Waals surface area contributed by atoms with Crippen molar-refractivity contribution in [1.29, 1.82) is 0 Å². The van der Waals surface area contributed by atoms with Gasteiger partial charge in [-0.3, -0.25) is 14.4 Å². The van der Waals surface area contributed by atoms with Crippen molar-refractivity contribution >= 4 is 29.5 Å². The molecular weight excluding hydrogens is 521 g/mol. The molecule has 1 fully saturated rings. The number of para-hydroxylation sites is 1. The molecule has 0 saturated carbocycles. The number of nitrogens with one attached hydrogen (secondary N) is 1. The first-order valence-corrected chi connectivity index (χ1v) is 12.8. The van der Waals surface area contributed by atoms with Crippen LogP contribution in [0.2, 0.25) is 0 Å². The van der Waals surface area contributed by atoms with Crippen molar-refractivity contribution in [1.82, 2.24) is 15.2 Å². The normalized spacial score (nSPS) is 19.4. The van der Waals surface area contributed by atoms with E-state index in [-0.39, 0.29) is 24.7 Å². The molecule has 2 aliphatic rings. The van der Waals surface area contributed by atoms with Gasteiger partial charge >= 0.3 is 6.09 Å². The van der Waals surface area contributed by atoms with E-state index in [2.05, 4.69) is 10.4 Å². The van der Waals surface area contributed by atoms with E-state index in [9.17, 15) is 23.6 Å². The highest BCUT2D eigenvalue weighted by Crippen LogP contribution is 2.38. The highest BCUT2D eigenvalue weighted by molar-refractivity contribution is 6.13. The summed E-state index contributed by atoms with van der Waals surface area (Å²) in [6.07, 6.45) is -0.484. The van der Waals surface area contributed by atoms with E-state index in [1.807, 2.05) is 30.3 Å². The van der Waals surface area contributed by atoms with Crippen LogP contribution in [-0.2, 0) is 25.5 Å². The molecule has 0 unspecified atom stereocenters. The zero-order valence-electron chi connectivity index (χ0n) is 22.6. The molecule has 212 valence electrons. The van der Waals surface area contributed by atoms with Crippen molar-refractivity contribution in [3.63, 3.8) is 0 Å². The fourth-order valence-corrected chi connectivity index (χ4v) is 4.98. The van der Waals surface area contributed by atoms with Crippen LogP contribution in [0.1, 0.15) is 25.8 Å². The monoisotopic (exact) mass is 553 g/mol. The lowest BCUT2D eigenvalue weighted by atomic mass is 9.73. The van der Waals surface area contributed by atoms with Gasteiger partial charge in [0.25, 0.3) is 11.8 Å². The number of hydrazone groups is 1. The third-order valence-corrected chi connectivity index (χ3v) is 7.01. The second kappa shape index (κ2) is 11.3. The van der Waals surface area contributed by atoms with Gasteiger partial charge < -0.3 is 25.4 Å². The Morgan fingerprint density at radius 3 is 2.50 bits per heavy atom. The number of likely N-dealkylation sites (tertiary alicyclic amines) is 1. The summed E-state index contributed by atoms with van der Waals surface area (Å²) >= 11 is 0. The third-order valence-electron chi connectivity index (χ3n) is 7.01. The third kappa shape index (κ3) is 5.90.